The highest BCUT2D eigenvalue weighted by atomic mass is 16.5. The molecule has 82 valence electrons. The Morgan fingerprint density at radius 1 is 1.40 bits per heavy atom. The van der Waals surface area contributed by atoms with Gasteiger partial charge in [-0.05, 0) is 12.8 Å². The predicted octanol–water partition coefficient (Wildman–Crippen LogP) is 1.38. The highest BCUT2D eigenvalue weighted by molar-refractivity contribution is 5.81. The van der Waals surface area contributed by atoms with E-state index in [2.05, 4.69) is 6.58 Å². The number of carboxylic acid groups (broad SMARTS) is 1. The fourth-order valence-electron chi connectivity index (χ4n) is 1.60. The number of aliphatic carboxylic acids is 1. The summed E-state index contributed by atoms with van der Waals surface area (Å²) in [7, 11) is 0. The van der Waals surface area contributed by atoms with Crippen LogP contribution in [0.5, 0.6) is 0 Å². The zero-order valence-corrected chi connectivity index (χ0v) is 8.39. The van der Waals surface area contributed by atoms with E-state index < -0.39 is 23.8 Å². The number of esters is 1. The van der Waals surface area contributed by atoms with Gasteiger partial charge in [0.2, 0.25) is 0 Å². The van der Waals surface area contributed by atoms with Crippen molar-refractivity contribution >= 4 is 11.9 Å². The van der Waals surface area contributed by atoms with Gasteiger partial charge in [-0.15, -0.1) is 0 Å². The highest BCUT2D eigenvalue weighted by Crippen LogP contribution is 2.26. The van der Waals surface area contributed by atoms with Gasteiger partial charge in [0.05, 0.1) is 11.8 Å². The fraction of sp³-hybridized carbons (Fsp3) is 0.455. The molecular formula is C11H14O4. The molecule has 1 rings (SSSR count). The first-order chi connectivity index (χ1) is 7.16. The number of carbonyl (C=O) groups is 2. The van der Waals surface area contributed by atoms with E-state index in [1.165, 1.54) is 6.08 Å². The first kappa shape index (κ1) is 11.5. The van der Waals surface area contributed by atoms with E-state index in [9.17, 15) is 9.59 Å². The van der Waals surface area contributed by atoms with Gasteiger partial charge in [-0.3, -0.25) is 9.59 Å². The molecule has 0 fully saturated rings. The molecule has 0 amide bonds. The summed E-state index contributed by atoms with van der Waals surface area (Å²) in [6, 6.07) is 0. The van der Waals surface area contributed by atoms with Crippen LogP contribution in [0.1, 0.15) is 12.8 Å². The molecule has 0 heterocycles. The van der Waals surface area contributed by atoms with Crippen molar-refractivity contribution in [2.24, 2.45) is 11.8 Å². The van der Waals surface area contributed by atoms with Gasteiger partial charge in [-0.25, -0.2) is 0 Å². The number of carbonyl (C=O) groups excluding carboxylic acids is 1. The molecule has 0 unspecified atom stereocenters. The summed E-state index contributed by atoms with van der Waals surface area (Å²) in [5.41, 5.74) is 0. The minimum absolute atomic E-state index is 0.130. The molecule has 1 aliphatic carbocycles. The number of ether oxygens (including phenoxy) is 1. The second-order valence-electron chi connectivity index (χ2n) is 3.41. The van der Waals surface area contributed by atoms with Crippen molar-refractivity contribution in [3.63, 3.8) is 0 Å². The normalized spacial score (nSPS) is 24.5. The molecule has 4 nitrogen and oxygen atoms in total. The van der Waals surface area contributed by atoms with Crippen LogP contribution in [0.25, 0.3) is 0 Å². The standard InChI is InChI=1S/C11H14O4/c1-2-7-15-11(14)9-6-4-3-5-8(9)10(12)13/h2-4,8-9H,1,5-7H2,(H,12,13)/t8-,9+/m0/s1. The molecule has 2 atom stereocenters. The van der Waals surface area contributed by atoms with Gasteiger partial charge in [0.1, 0.15) is 6.61 Å². The quantitative estimate of drug-likeness (QED) is 0.562. The van der Waals surface area contributed by atoms with Crippen LogP contribution in [0.4, 0.5) is 0 Å². The maximum absolute atomic E-state index is 11.5. The Morgan fingerprint density at radius 2 is 2.00 bits per heavy atom. The third kappa shape index (κ3) is 2.94. The first-order valence-electron chi connectivity index (χ1n) is 4.82. The van der Waals surface area contributed by atoms with Crippen LogP contribution in [-0.4, -0.2) is 23.7 Å². The van der Waals surface area contributed by atoms with Gasteiger partial charge < -0.3 is 9.84 Å². The molecule has 0 saturated carbocycles. The van der Waals surface area contributed by atoms with Crippen LogP contribution >= 0.6 is 0 Å². The molecule has 1 aliphatic rings. The summed E-state index contributed by atoms with van der Waals surface area (Å²) in [6.45, 7) is 3.55. The maximum Gasteiger partial charge on any atom is 0.310 e. The van der Waals surface area contributed by atoms with Crippen LogP contribution < -0.4 is 0 Å². The number of hydrogen-bond donors (Lipinski definition) is 1. The average molecular weight is 210 g/mol. The lowest BCUT2D eigenvalue weighted by atomic mass is 9.83. The largest absolute Gasteiger partial charge is 0.481 e. The zero-order chi connectivity index (χ0) is 11.3. The van der Waals surface area contributed by atoms with Crippen molar-refractivity contribution in [1.82, 2.24) is 0 Å². The maximum atomic E-state index is 11.5. The minimum Gasteiger partial charge on any atom is -0.481 e. The molecule has 0 aromatic rings. The Hall–Kier alpha value is -1.58. The van der Waals surface area contributed by atoms with Crippen LogP contribution in [0, 0.1) is 11.8 Å². The molecule has 0 bridgehead atoms. The van der Waals surface area contributed by atoms with Gasteiger partial charge in [-0.2, -0.15) is 0 Å². The summed E-state index contributed by atoms with van der Waals surface area (Å²) in [5.74, 6) is -2.62. The van der Waals surface area contributed by atoms with Crippen molar-refractivity contribution in [3.05, 3.63) is 24.8 Å². The molecule has 0 saturated heterocycles. The summed E-state index contributed by atoms with van der Waals surface area (Å²) in [4.78, 5) is 22.4. The SMILES string of the molecule is C=CCOC(=O)[C@@H]1CC=CC[C@@H]1C(=O)O. The molecule has 1 N–H and O–H groups in total. The van der Waals surface area contributed by atoms with Crippen molar-refractivity contribution < 1.29 is 19.4 Å². The van der Waals surface area contributed by atoms with Gasteiger partial charge in [0.15, 0.2) is 0 Å². The third-order valence-corrected chi connectivity index (χ3v) is 2.40. The molecule has 4 heteroatoms. The van der Waals surface area contributed by atoms with Crippen LogP contribution in [-0.2, 0) is 14.3 Å². The summed E-state index contributed by atoms with van der Waals surface area (Å²) >= 11 is 0. The third-order valence-electron chi connectivity index (χ3n) is 2.40. The van der Waals surface area contributed by atoms with E-state index in [1.807, 2.05) is 6.08 Å². The van der Waals surface area contributed by atoms with Gasteiger partial charge in [0, 0.05) is 0 Å². The lowest BCUT2D eigenvalue weighted by Crippen LogP contribution is -2.32. The van der Waals surface area contributed by atoms with Crippen molar-refractivity contribution in [2.45, 2.75) is 12.8 Å². The Morgan fingerprint density at radius 3 is 2.53 bits per heavy atom. The number of allylic oxidation sites excluding steroid dienone is 2. The van der Waals surface area contributed by atoms with Crippen LogP contribution in [0.3, 0.4) is 0 Å². The van der Waals surface area contributed by atoms with Gasteiger partial charge in [0.25, 0.3) is 0 Å². The zero-order valence-electron chi connectivity index (χ0n) is 8.39. The monoisotopic (exact) mass is 210 g/mol. The van der Waals surface area contributed by atoms with Crippen LogP contribution in [0.15, 0.2) is 24.8 Å². The first-order valence-corrected chi connectivity index (χ1v) is 4.82. The summed E-state index contributed by atoms with van der Waals surface area (Å²) < 4.78 is 4.86. The summed E-state index contributed by atoms with van der Waals surface area (Å²) in [5, 5.41) is 8.92. The second-order valence-corrected chi connectivity index (χ2v) is 3.41. The predicted molar refractivity (Wildman–Crippen MR) is 54.1 cm³/mol. The molecule has 0 radical (unpaired) electrons. The second kappa shape index (κ2) is 5.34. The average Bonchev–Trinajstić information content (AvgIpc) is 2.25. The smallest absolute Gasteiger partial charge is 0.310 e. The van der Waals surface area contributed by atoms with E-state index in [0.717, 1.165) is 0 Å². The van der Waals surface area contributed by atoms with E-state index >= 15 is 0 Å². The van der Waals surface area contributed by atoms with E-state index in [-0.39, 0.29) is 6.61 Å². The van der Waals surface area contributed by atoms with E-state index in [1.54, 1.807) is 6.08 Å². The summed E-state index contributed by atoms with van der Waals surface area (Å²) in [6.07, 6.45) is 5.90. The molecule has 15 heavy (non-hydrogen) atoms. The molecule has 0 aromatic carbocycles. The lowest BCUT2D eigenvalue weighted by Gasteiger charge is -2.22. The molecule has 0 spiro atoms. The number of rotatable bonds is 4. The molecule has 0 aromatic heterocycles. The van der Waals surface area contributed by atoms with Gasteiger partial charge >= 0.3 is 11.9 Å². The van der Waals surface area contributed by atoms with E-state index in [0.29, 0.717) is 12.8 Å². The minimum atomic E-state index is -0.945. The Labute approximate surface area is 88.2 Å². The van der Waals surface area contributed by atoms with Crippen molar-refractivity contribution in [3.8, 4) is 0 Å². The van der Waals surface area contributed by atoms with E-state index in [4.69, 9.17) is 9.84 Å². The van der Waals surface area contributed by atoms with Crippen molar-refractivity contribution in [2.75, 3.05) is 6.61 Å². The fourth-order valence-corrected chi connectivity index (χ4v) is 1.60. The van der Waals surface area contributed by atoms with Crippen LogP contribution in [0.2, 0.25) is 0 Å². The molecule has 0 aliphatic heterocycles. The molecular weight excluding hydrogens is 196 g/mol. The highest BCUT2D eigenvalue weighted by Gasteiger charge is 2.34. The Kier molecular flexibility index (Phi) is 4.09. The Bertz CT molecular complexity index is 293. The number of carboxylic acids is 1. The number of hydrogen-bond acceptors (Lipinski definition) is 3. The topological polar surface area (TPSA) is 63.6 Å². The lowest BCUT2D eigenvalue weighted by molar-refractivity contribution is -0.157. The van der Waals surface area contributed by atoms with Gasteiger partial charge in [-0.1, -0.05) is 24.8 Å². The van der Waals surface area contributed by atoms with Crippen molar-refractivity contribution in [1.29, 1.82) is 0 Å². The Balaban J connectivity index is 2.64.